The van der Waals surface area contributed by atoms with E-state index in [2.05, 4.69) is 52.0 Å². The van der Waals surface area contributed by atoms with Crippen LogP contribution in [-0.4, -0.2) is 25.4 Å². The van der Waals surface area contributed by atoms with Gasteiger partial charge < -0.3 is 14.2 Å². The number of hydrogen-bond acceptors (Lipinski definition) is 3. The van der Waals surface area contributed by atoms with Crippen LogP contribution in [0.2, 0.25) is 0 Å². The van der Waals surface area contributed by atoms with Crippen molar-refractivity contribution in [2.75, 3.05) is 13.2 Å². The van der Waals surface area contributed by atoms with Crippen LogP contribution in [0.15, 0.2) is 24.3 Å². The number of rotatable bonds is 6. The van der Waals surface area contributed by atoms with Crippen LogP contribution in [0.3, 0.4) is 0 Å². The first kappa shape index (κ1) is 16.6. The summed E-state index contributed by atoms with van der Waals surface area (Å²) in [6, 6.07) is 8.73. The highest BCUT2D eigenvalue weighted by atomic mass is 16.6. The summed E-state index contributed by atoms with van der Waals surface area (Å²) >= 11 is 0. The average molecular weight is 338 g/mol. The van der Waals surface area contributed by atoms with Gasteiger partial charge in [0.1, 0.15) is 11.5 Å². The highest BCUT2D eigenvalue weighted by Gasteiger charge is 2.26. The van der Waals surface area contributed by atoms with Crippen LogP contribution in [0.25, 0.3) is 0 Å². The van der Waals surface area contributed by atoms with E-state index in [1.54, 1.807) is 0 Å². The van der Waals surface area contributed by atoms with Crippen molar-refractivity contribution in [1.82, 2.24) is 0 Å². The first-order chi connectivity index (χ1) is 12.0. The fraction of sp³-hybridized carbons (Fsp3) is 0.455. The summed E-state index contributed by atoms with van der Waals surface area (Å²) in [4.78, 5) is 0. The van der Waals surface area contributed by atoms with Crippen LogP contribution in [0, 0.1) is 27.7 Å². The summed E-state index contributed by atoms with van der Waals surface area (Å²) in [7, 11) is 0. The van der Waals surface area contributed by atoms with Crippen molar-refractivity contribution in [3.8, 4) is 11.5 Å². The predicted octanol–water partition coefficient (Wildman–Crippen LogP) is 4.60. The Morgan fingerprint density at radius 2 is 1.16 bits per heavy atom. The maximum atomic E-state index is 6.51. The van der Waals surface area contributed by atoms with E-state index in [0.717, 1.165) is 37.6 Å². The van der Waals surface area contributed by atoms with Gasteiger partial charge >= 0.3 is 0 Å². The van der Waals surface area contributed by atoms with Gasteiger partial charge in [0.25, 0.3) is 0 Å². The van der Waals surface area contributed by atoms with E-state index in [4.69, 9.17) is 14.2 Å². The summed E-state index contributed by atoms with van der Waals surface area (Å²) in [5.74, 6) is 1.98. The van der Waals surface area contributed by atoms with Crippen molar-refractivity contribution in [3.63, 3.8) is 0 Å². The lowest BCUT2D eigenvalue weighted by molar-refractivity contribution is 0.406. The van der Waals surface area contributed by atoms with Crippen LogP contribution in [0.1, 0.15) is 33.4 Å². The summed E-state index contributed by atoms with van der Waals surface area (Å²) in [6.45, 7) is 10.3. The molecule has 2 fully saturated rings. The Kier molecular flexibility index (Phi) is 4.30. The molecule has 2 saturated heterocycles. The molecule has 3 nitrogen and oxygen atoms in total. The molecule has 2 aliphatic rings. The van der Waals surface area contributed by atoms with Crippen LogP contribution in [-0.2, 0) is 22.3 Å². The number of aryl methyl sites for hydroxylation is 2. The summed E-state index contributed by atoms with van der Waals surface area (Å²) in [6.07, 6.45) is 2.72. The Balaban J connectivity index is 1.67. The van der Waals surface area contributed by atoms with Crippen LogP contribution in [0.5, 0.6) is 11.5 Å². The minimum Gasteiger partial charge on any atom is -0.456 e. The Morgan fingerprint density at radius 3 is 1.52 bits per heavy atom. The molecule has 0 N–H and O–H groups in total. The van der Waals surface area contributed by atoms with Gasteiger partial charge in [-0.05, 0) is 61.1 Å². The smallest absolute Gasteiger partial charge is 0.133 e. The zero-order valence-electron chi connectivity index (χ0n) is 15.5. The van der Waals surface area contributed by atoms with E-state index >= 15 is 0 Å². The van der Waals surface area contributed by atoms with Crippen molar-refractivity contribution >= 4 is 0 Å². The molecule has 0 aromatic heterocycles. The van der Waals surface area contributed by atoms with Gasteiger partial charge in [0.15, 0.2) is 0 Å². The Bertz CT molecular complexity index is 734. The molecule has 25 heavy (non-hydrogen) atoms. The van der Waals surface area contributed by atoms with Crippen LogP contribution < -0.4 is 4.74 Å². The standard InChI is InChI=1S/C22H26O3/c1-13-5-7-17(9-19-11-23-19)15(3)21(13)25-22-14(2)6-8-18(16(22)4)10-20-12-24-20/h5-8,19-20H,9-12H2,1-4H3. The molecular weight excluding hydrogens is 312 g/mol. The van der Waals surface area contributed by atoms with Gasteiger partial charge in [-0.2, -0.15) is 0 Å². The molecule has 0 bridgehead atoms. The lowest BCUT2D eigenvalue weighted by Crippen LogP contribution is -2.03. The third-order valence-electron chi connectivity index (χ3n) is 5.33. The summed E-state index contributed by atoms with van der Waals surface area (Å²) < 4.78 is 17.3. The van der Waals surface area contributed by atoms with E-state index in [0.29, 0.717) is 12.2 Å². The third kappa shape index (κ3) is 3.58. The number of epoxide rings is 2. The second-order valence-corrected chi connectivity index (χ2v) is 7.41. The van der Waals surface area contributed by atoms with Crippen LogP contribution in [0.4, 0.5) is 0 Å². The molecule has 2 unspecified atom stereocenters. The molecule has 2 aromatic carbocycles. The van der Waals surface area contributed by atoms with Crippen LogP contribution >= 0.6 is 0 Å². The van der Waals surface area contributed by atoms with E-state index in [1.165, 1.54) is 33.4 Å². The van der Waals surface area contributed by atoms with Crippen molar-refractivity contribution < 1.29 is 14.2 Å². The Hall–Kier alpha value is -1.84. The Labute approximate surface area is 149 Å². The first-order valence-corrected chi connectivity index (χ1v) is 9.12. The number of ether oxygens (including phenoxy) is 3. The normalized spacial score (nSPS) is 21.3. The third-order valence-corrected chi connectivity index (χ3v) is 5.33. The van der Waals surface area contributed by atoms with Gasteiger partial charge in [-0.15, -0.1) is 0 Å². The van der Waals surface area contributed by atoms with Gasteiger partial charge in [0.05, 0.1) is 25.4 Å². The SMILES string of the molecule is Cc1ccc(CC2CO2)c(C)c1Oc1c(C)ccc(CC2CO2)c1C. The van der Waals surface area contributed by atoms with Gasteiger partial charge in [-0.3, -0.25) is 0 Å². The van der Waals surface area contributed by atoms with E-state index in [9.17, 15) is 0 Å². The molecule has 2 heterocycles. The molecule has 2 aromatic rings. The van der Waals surface area contributed by atoms with Crippen molar-refractivity contribution in [1.29, 1.82) is 0 Å². The average Bonchev–Trinajstić information content (AvgIpc) is 3.48. The quantitative estimate of drug-likeness (QED) is 0.722. The fourth-order valence-electron chi connectivity index (χ4n) is 3.46. The predicted molar refractivity (Wildman–Crippen MR) is 98.8 cm³/mol. The molecule has 3 heteroatoms. The molecule has 132 valence electrons. The highest BCUT2D eigenvalue weighted by molar-refractivity contribution is 5.52. The largest absolute Gasteiger partial charge is 0.456 e. The second-order valence-electron chi connectivity index (χ2n) is 7.41. The second kappa shape index (κ2) is 6.47. The van der Waals surface area contributed by atoms with E-state index < -0.39 is 0 Å². The molecule has 0 saturated carbocycles. The van der Waals surface area contributed by atoms with Gasteiger partial charge in [-0.1, -0.05) is 24.3 Å². The number of hydrogen-bond donors (Lipinski definition) is 0. The Morgan fingerprint density at radius 1 is 0.760 bits per heavy atom. The molecule has 2 atom stereocenters. The zero-order chi connectivity index (χ0) is 17.6. The maximum absolute atomic E-state index is 6.51. The molecule has 0 spiro atoms. The van der Waals surface area contributed by atoms with Gasteiger partial charge in [-0.25, -0.2) is 0 Å². The topological polar surface area (TPSA) is 34.3 Å². The molecular formula is C22H26O3. The minimum atomic E-state index is 0.389. The molecule has 0 radical (unpaired) electrons. The maximum Gasteiger partial charge on any atom is 0.133 e. The lowest BCUT2D eigenvalue weighted by atomic mass is 9.98. The monoisotopic (exact) mass is 338 g/mol. The summed E-state index contributed by atoms with van der Waals surface area (Å²) in [5.41, 5.74) is 7.44. The lowest BCUT2D eigenvalue weighted by Gasteiger charge is -2.19. The van der Waals surface area contributed by atoms with Crippen molar-refractivity contribution in [2.45, 2.75) is 52.7 Å². The molecule has 4 rings (SSSR count). The van der Waals surface area contributed by atoms with Crippen molar-refractivity contribution in [3.05, 3.63) is 57.6 Å². The number of benzene rings is 2. The zero-order valence-corrected chi connectivity index (χ0v) is 15.5. The van der Waals surface area contributed by atoms with Crippen molar-refractivity contribution in [2.24, 2.45) is 0 Å². The van der Waals surface area contributed by atoms with Gasteiger partial charge in [0.2, 0.25) is 0 Å². The minimum absolute atomic E-state index is 0.389. The molecule has 0 amide bonds. The highest BCUT2D eigenvalue weighted by Crippen LogP contribution is 2.37. The van der Waals surface area contributed by atoms with E-state index in [1.807, 2.05) is 0 Å². The summed E-state index contributed by atoms with van der Waals surface area (Å²) in [5, 5.41) is 0. The van der Waals surface area contributed by atoms with E-state index in [-0.39, 0.29) is 0 Å². The fourth-order valence-corrected chi connectivity index (χ4v) is 3.46. The first-order valence-electron chi connectivity index (χ1n) is 9.12. The van der Waals surface area contributed by atoms with Gasteiger partial charge in [0, 0.05) is 12.8 Å². The molecule has 0 aliphatic carbocycles. The molecule has 2 aliphatic heterocycles.